The van der Waals surface area contributed by atoms with E-state index in [-0.39, 0.29) is 18.7 Å². The summed E-state index contributed by atoms with van der Waals surface area (Å²) in [6, 6.07) is 14.9. The largest absolute Gasteiger partial charge is 0.491 e. The van der Waals surface area contributed by atoms with Crippen molar-refractivity contribution in [2.75, 3.05) is 6.61 Å². The molecule has 4 rings (SSSR count). The van der Waals surface area contributed by atoms with E-state index in [1.165, 1.54) is 22.2 Å². The van der Waals surface area contributed by atoms with Gasteiger partial charge in [-0.3, -0.25) is 9.36 Å². The zero-order valence-electron chi connectivity index (χ0n) is 15.7. The van der Waals surface area contributed by atoms with Crippen molar-refractivity contribution in [3.05, 3.63) is 81.2 Å². The van der Waals surface area contributed by atoms with Crippen LogP contribution in [0.1, 0.15) is 5.56 Å². The zero-order chi connectivity index (χ0) is 20.4. The molecule has 1 N–H and O–H groups in total. The molecule has 0 aliphatic heterocycles. The van der Waals surface area contributed by atoms with E-state index in [0.29, 0.717) is 21.0 Å². The highest BCUT2D eigenvalue weighted by molar-refractivity contribution is 7.17. The normalized spacial score (nSPS) is 12.2. The molecule has 148 valence electrons. The molecule has 7 heteroatoms. The minimum Gasteiger partial charge on any atom is -0.491 e. The van der Waals surface area contributed by atoms with Crippen LogP contribution in [0.25, 0.3) is 21.3 Å². The number of aliphatic hydroxyl groups excluding tert-OH is 1. The minimum absolute atomic E-state index is 0.0561. The molecular formula is C22H19ClN2O3S. The third-order valence-corrected chi connectivity index (χ3v) is 5.73. The fourth-order valence-electron chi connectivity index (χ4n) is 3.05. The van der Waals surface area contributed by atoms with Crippen molar-refractivity contribution in [2.24, 2.45) is 0 Å². The highest BCUT2D eigenvalue weighted by Crippen LogP contribution is 2.30. The van der Waals surface area contributed by atoms with Crippen LogP contribution in [-0.2, 0) is 6.54 Å². The van der Waals surface area contributed by atoms with E-state index in [9.17, 15) is 9.90 Å². The lowest BCUT2D eigenvalue weighted by Gasteiger charge is -2.14. The van der Waals surface area contributed by atoms with E-state index in [1.54, 1.807) is 24.3 Å². The quantitative estimate of drug-likeness (QED) is 0.492. The summed E-state index contributed by atoms with van der Waals surface area (Å²) in [4.78, 5) is 18.2. The number of hydrogen-bond donors (Lipinski definition) is 1. The van der Waals surface area contributed by atoms with Gasteiger partial charge in [-0.05, 0) is 36.8 Å². The number of hydrogen-bond acceptors (Lipinski definition) is 5. The molecule has 0 aliphatic rings. The Hall–Kier alpha value is -2.67. The highest BCUT2D eigenvalue weighted by atomic mass is 35.5. The summed E-state index contributed by atoms with van der Waals surface area (Å²) < 4.78 is 7.00. The Kier molecular flexibility index (Phi) is 5.67. The number of fused-ring (bicyclic) bond motifs is 1. The number of thiophene rings is 1. The predicted molar refractivity (Wildman–Crippen MR) is 117 cm³/mol. The van der Waals surface area contributed by atoms with Gasteiger partial charge in [0.15, 0.2) is 0 Å². The number of nitrogens with zero attached hydrogens (tertiary/aromatic N) is 2. The monoisotopic (exact) mass is 426 g/mol. The molecule has 4 aromatic rings. The Morgan fingerprint density at radius 2 is 1.90 bits per heavy atom. The van der Waals surface area contributed by atoms with Crippen molar-refractivity contribution < 1.29 is 9.84 Å². The van der Waals surface area contributed by atoms with Crippen molar-refractivity contribution in [3.63, 3.8) is 0 Å². The van der Waals surface area contributed by atoms with Gasteiger partial charge in [0, 0.05) is 16.0 Å². The third kappa shape index (κ3) is 4.34. The van der Waals surface area contributed by atoms with Gasteiger partial charge < -0.3 is 9.84 Å². The average Bonchev–Trinajstić information content (AvgIpc) is 3.15. The average molecular weight is 427 g/mol. The Morgan fingerprint density at radius 3 is 2.62 bits per heavy atom. The van der Waals surface area contributed by atoms with Gasteiger partial charge >= 0.3 is 0 Å². The molecule has 1 atom stereocenters. The third-order valence-electron chi connectivity index (χ3n) is 4.59. The van der Waals surface area contributed by atoms with Crippen LogP contribution >= 0.6 is 22.9 Å². The van der Waals surface area contributed by atoms with Crippen LogP contribution in [0.3, 0.4) is 0 Å². The summed E-state index contributed by atoms with van der Waals surface area (Å²) in [6.07, 6.45) is 0.620. The Morgan fingerprint density at radius 1 is 1.17 bits per heavy atom. The second-order valence-electron chi connectivity index (χ2n) is 6.82. The van der Waals surface area contributed by atoms with Crippen LogP contribution in [0.4, 0.5) is 0 Å². The maximum atomic E-state index is 13.1. The Labute approximate surface area is 176 Å². The van der Waals surface area contributed by atoms with E-state index in [4.69, 9.17) is 16.3 Å². The smallest absolute Gasteiger partial charge is 0.262 e. The summed E-state index contributed by atoms with van der Waals surface area (Å²) >= 11 is 7.29. The molecule has 5 nitrogen and oxygen atoms in total. The molecule has 0 radical (unpaired) electrons. The first-order valence-corrected chi connectivity index (χ1v) is 10.4. The molecule has 29 heavy (non-hydrogen) atoms. The van der Waals surface area contributed by atoms with Gasteiger partial charge in [0.2, 0.25) is 0 Å². The molecule has 2 heterocycles. The molecule has 0 saturated heterocycles. The number of benzene rings is 2. The molecule has 0 spiro atoms. The lowest BCUT2D eigenvalue weighted by molar-refractivity contribution is 0.0915. The van der Waals surface area contributed by atoms with Crippen LogP contribution in [0, 0.1) is 6.92 Å². The predicted octanol–water partition coefficient (Wildman–Crippen LogP) is 4.53. The van der Waals surface area contributed by atoms with E-state index < -0.39 is 6.10 Å². The molecule has 0 bridgehead atoms. The van der Waals surface area contributed by atoms with Crippen LogP contribution in [0.5, 0.6) is 5.75 Å². The molecule has 2 aromatic heterocycles. The SMILES string of the molecule is Cc1ccc(-c2csc3ncn(C[C@H](O)COc4ccc(Cl)cc4)c(=O)c23)cc1. The molecule has 0 unspecified atom stereocenters. The van der Waals surface area contributed by atoms with Gasteiger partial charge in [0.1, 0.15) is 23.3 Å². The van der Waals surface area contributed by atoms with E-state index in [1.807, 2.05) is 36.6 Å². The lowest BCUT2D eigenvalue weighted by atomic mass is 10.1. The lowest BCUT2D eigenvalue weighted by Crippen LogP contribution is -2.30. The van der Waals surface area contributed by atoms with Crippen LogP contribution in [0.2, 0.25) is 5.02 Å². The molecule has 2 aromatic carbocycles. The fourth-order valence-corrected chi connectivity index (χ4v) is 4.08. The highest BCUT2D eigenvalue weighted by Gasteiger charge is 2.15. The van der Waals surface area contributed by atoms with Crippen molar-refractivity contribution in [3.8, 4) is 16.9 Å². The van der Waals surface area contributed by atoms with Crippen LogP contribution < -0.4 is 10.3 Å². The van der Waals surface area contributed by atoms with Gasteiger partial charge in [0.05, 0.1) is 18.3 Å². The number of ether oxygens (including phenoxy) is 1. The van der Waals surface area contributed by atoms with E-state index >= 15 is 0 Å². The molecule has 0 saturated carbocycles. The number of aliphatic hydroxyl groups is 1. The van der Waals surface area contributed by atoms with Gasteiger partial charge in [-0.2, -0.15) is 0 Å². The Bertz CT molecular complexity index is 1180. The maximum Gasteiger partial charge on any atom is 0.262 e. The molecule has 0 aliphatic carbocycles. The zero-order valence-corrected chi connectivity index (χ0v) is 17.3. The van der Waals surface area contributed by atoms with Crippen molar-refractivity contribution in [2.45, 2.75) is 19.6 Å². The molecule has 0 fully saturated rings. The second kappa shape index (κ2) is 8.37. The number of aryl methyl sites for hydroxylation is 1. The van der Waals surface area contributed by atoms with Gasteiger partial charge in [-0.1, -0.05) is 41.4 Å². The van der Waals surface area contributed by atoms with Gasteiger partial charge in [0.25, 0.3) is 5.56 Å². The molecular weight excluding hydrogens is 408 g/mol. The maximum absolute atomic E-state index is 13.1. The standard InChI is InChI=1S/C22H19ClN2O3S/c1-14-2-4-15(5-3-14)19-12-29-21-20(19)22(27)25(13-24-21)10-17(26)11-28-18-8-6-16(23)7-9-18/h2-9,12-13,17,26H,10-11H2,1H3/t17-/m0/s1. The number of aromatic nitrogens is 2. The van der Waals surface area contributed by atoms with Gasteiger partial charge in [-0.15, -0.1) is 11.3 Å². The summed E-state index contributed by atoms with van der Waals surface area (Å²) in [5.41, 5.74) is 2.83. The Balaban J connectivity index is 1.55. The van der Waals surface area contributed by atoms with Gasteiger partial charge in [-0.25, -0.2) is 4.98 Å². The summed E-state index contributed by atoms with van der Waals surface area (Å²) in [6.45, 7) is 2.18. The summed E-state index contributed by atoms with van der Waals surface area (Å²) in [5.74, 6) is 0.605. The van der Waals surface area contributed by atoms with E-state index in [2.05, 4.69) is 4.98 Å². The van der Waals surface area contributed by atoms with E-state index in [0.717, 1.165) is 16.7 Å². The van der Waals surface area contributed by atoms with Crippen molar-refractivity contribution in [1.82, 2.24) is 9.55 Å². The summed E-state index contributed by atoms with van der Waals surface area (Å²) in [7, 11) is 0. The van der Waals surface area contributed by atoms with Crippen molar-refractivity contribution >= 4 is 33.2 Å². The minimum atomic E-state index is -0.857. The van der Waals surface area contributed by atoms with Crippen LogP contribution in [0.15, 0.2) is 65.0 Å². The number of rotatable bonds is 6. The first-order chi connectivity index (χ1) is 14.0. The number of halogens is 1. The first kappa shape index (κ1) is 19.6. The molecule has 0 amide bonds. The summed E-state index contributed by atoms with van der Waals surface area (Å²) in [5, 5.41) is 13.5. The second-order valence-corrected chi connectivity index (χ2v) is 8.11. The first-order valence-electron chi connectivity index (χ1n) is 9.11. The van der Waals surface area contributed by atoms with Crippen LogP contribution in [-0.4, -0.2) is 27.4 Å². The van der Waals surface area contributed by atoms with Crippen molar-refractivity contribution in [1.29, 1.82) is 0 Å². The fraction of sp³-hybridized carbons (Fsp3) is 0.182. The topological polar surface area (TPSA) is 64.3 Å².